The van der Waals surface area contributed by atoms with Gasteiger partial charge in [0.1, 0.15) is 5.76 Å². The van der Waals surface area contributed by atoms with Gasteiger partial charge in [0.05, 0.1) is 35.1 Å². The number of benzene rings is 1. The molecule has 4 heterocycles. The van der Waals surface area contributed by atoms with Crippen LogP contribution in [0.4, 0.5) is 0 Å². The van der Waals surface area contributed by atoms with Gasteiger partial charge in [-0.25, -0.2) is 9.67 Å². The minimum Gasteiger partial charge on any atom is -0.468 e. The van der Waals surface area contributed by atoms with Gasteiger partial charge >= 0.3 is 0 Å². The van der Waals surface area contributed by atoms with E-state index in [-0.39, 0.29) is 18.0 Å². The minimum absolute atomic E-state index is 0.0239. The Morgan fingerprint density at radius 3 is 2.61 bits per heavy atom. The summed E-state index contributed by atoms with van der Waals surface area (Å²) in [5.74, 6) is 0.758. The Balaban J connectivity index is 1.48. The van der Waals surface area contributed by atoms with Crippen molar-refractivity contribution in [2.24, 2.45) is 0 Å². The molecule has 1 aromatic carbocycles. The van der Waals surface area contributed by atoms with Crippen LogP contribution in [0, 0.1) is 0 Å². The molecule has 3 aromatic heterocycles. The third-order valence-corrected chi connectivity index (χ3v) is 6.28. The second kappa shape index (κ2) is 9.19. The second-order valence-electron chi connectivity index (χ2n) is 8.83. The van der Waals surface area contributed by atoms with Crippen LogP contribution in [-0.4, -0.2) is 45.2 Å². The summed E-state index contributed by atoms with van der Waals surface area (Å²) in [5, 5.41) is 8.45. The maximum atomic E-state index is 13.5. The highest BCUT2D eigenvalue weighted by Crippen LogP contribution is 2.28. The molecule has 0 unspecified atom stereocenters. The summed E-state index contributed by atoms with van der Waals surface area (Å²) in [7, 11) is 0. The van der Waals surface area contributed by atoms with Gasteiger partial charge in [-0.2, -0.15) is 5.10 Å². The molecule has 5 rings (SSSR count). The maximum absolute atomic E-state index is 13.5. The van der Waals surface area contributed by atoms with Crippen molar-refractivity contribution in [3.8, 4) is 11.3 Å². The number of carbonyl (C=O) groups is 1. The molecule has 1 fully saturated rings. The lowest BCUT2D eigenvalue weighted by molar-refractivity contribution is 0.0935. The summed E-state index contributed by atoms with van der Waals surface area (Å²) < 4.78 is 7.58. The van der Waals surface area contributed by atoms with Crippen LogP contribution < -0.4 is 5.32 Å². The van der Waals surface area contributed by atoms with Crippen molar-refractivity contribution < 1.29 is 9.21 Å². The van der Waals surface area contributed by atoms with Crippen molar-refractivity contribution >= 4 is 16.9 Å². The summed E-state index contributed by atoms with van der Waals surface area (Å²) in [5.41, 5.74) is 3.04. The molecular formula is C26H29N5O2. The fourth-order valence-electron chi connectivity index (χ4n) is 4.57. The Morgan fingerprint density at radius 2 is 1.91 bits per heavy atom. The lowest BCUT2D eigenvalue weighted by Crippen LogP contribution is -2.36. The summed E-state index contributed by atoms with van der Waals surface area (Å²) in [6.45, 7) is 6.63. The zero-order chi connectivity index (χ0) is 22.8. The van der Waals surface area contributed by atoms with Gasteiger partial charge in [-0.15, -0.1) is 0 Å². The molecule has 1 aliphatic heterocycles. The molecule has 170 valence electrons. The topological polar surface area (TPSA) is 76.2 Å². The van der Waals surface area contributed by atoms with Gasteiger partial charge in [0, 0.05) is 18.2 Å². The number of amides is 1. The fraction of sp³-hybridized carbons (Fsp3) is 0.346. The van der Waals surface area contributed by atoms with E-state index in [1.807, 2.05) is 53.2 Å². The number of rotatable bonds is 7. The number of likely N-dealkylation sites (tertiary alicyclic amines) is 1. The van der Waals surface area contributed by atoms with Crippen LogP contribution in [0.3, 0.4) is 0 Å². The number of hydrogen-bond acceptors (Lipinski definition) is 5. The Bertz CT molecular complexity index is 1220. The van der Waals surface area contributed by atoms with Crippen molar-refractivity contribution in [1.82, 2.24) is 25.0 Å². The highest BCUT2D eigenvalue weighted by atomic mass is 16.3. The minimum atomic E-state index is -0.126. The van der Waals surface area contributed by atoms with Gasteiger partial charge in [-0.3, -0.25) is 9.69 Å². The van der Waals surface area contributed by atoms with Gasteiger partial charge in [0.25, 0.3) is 5.91 Å². The van der Waals surface area contributed by atoms with E-state index in [0.29, 0.717) is 12.1 Å². The molecule has 7 heteroatoms. The lowest BCUT2D eigenvalue weighted by Gasteiger charge is -2.26. The van der Waals surface area contributed by atoms with E-state index in [4.69, 9.17) is 9.40 Å². The number of carbonyl (C=O) groups excluding carboxylic acids is 1. The molecule has 1 amide bonds. The first kappa shape index (κ1) is 21.4. The molecule has 7 nitrogen and oxygen atoms in total. The monoisotopic (exact) mass is 443 g/mol. The fourth-order valence-corrected chi connectivity index (χ4v) is 4.57. The Hall–Kier alpha value is -3.45. The molecule has 0 saturated carbocycles. The van der Waals surface area contributed by atoms with E-state index in [1.54, 1.807) is 12.5 Å². The van der Waals surface area contributed by atoms with E-state index in [1.165, 1.54) is 12.8 Å². The van der Waals surface area contributed by atoms with Crippen LogP contribution in [0.1, 0.15) is 54.9 Å². The first-order valence-corrected chi connectivity index (χ1v) is 11.6. The van der Waals surface area contributed by atoms with Crippen LogP contribution in [0.15, 0.2) is 65.4 Å². The third kappa shape index (κ3) is 4.28. The predicted octanol–water partition coefficient (Wildman–Crippen LogP) is 4.84. The van der Waals surface area contributed by atoms with Crippen molar-refractivity contribution in [3.63, 3.8) is 0 Å². The van der Waals surface area contributed by atoms with Crippen molar-refractivity contribution in [3.05, 3.63) is 72.3 Å². The van der Waals surface area contributed by atoms with E-state index in [9.17, 15) is 4.79 Å². The van der Waals surface area contributed by atoms with Crippen LogP contribution in [0.5, 0.6) is 0 Å². The highest BCUT2D eigenvalue weighted by Gasteiger charge is 2.27. The average Bonchev–Trinajstić information content (AvgIpc) is 3.61. The molecular weight excluding hydrogens is 414 g/mol. The summed E-state index contributed by atoms with van der Waals surface area (Å²) >= 11 is 0. The van der Waals surface area contributed by atoms with Gasteiger partial charge in [-0.1, -0.05) is 30.3 Å². The summed E-state index contributed by atoms with van der Waals surface area (Å²) in [6, 6.07) is 15.9. The second-order valence-corrected chi connectivity index (χ2v) is 8.83. The predicted molar refractivity (Wildman–Crippen MR) is 128 cm³/mol. The molecule has 33 heavy (non-hydrogen) atoms. The molecule has 1 N–H and O–H groups in total. The molecule has 1 saturated heterocycles. The SMILES string of the molecule is CC(C)n1ncc2c(C(=O)NC[C@H](c3ccco3)N3CCCC3)cc(-c3ccccc3)nc21. The lowest BCUT2D eigenvalue weighted by atomic mass is 10.1. The zero-order valence-electron chi connectivity index (χ0n) is 19.1. The number of aromatic nitrogens is 3. The molecule has 4 aromatic rings. The molecule has 1 aliphatic rings. The van der Waals surface area contributed by atoms with Crippen LogP contribution in [0.25, 0.3) is 22.3 Å². The first-order chi connectivity index (χ1) is 16.1. The largest absolute Gasteiger partial charge is 0.468 e. The summed E-state index contributed by atoms with van der Waals surface area (Å²) in [6.07, 6.45) is 5.78. The molecule has 0 radical (unpaired) electrons. The van der Waals surface area contributed by atoms with E-state index < -0.39 is 0 Å². The average molecular weight is 444 g/mol. The molecule has 1 atom stereocenters. The summed E-state index contributed by atoms with van der Waals surface area (Å²) in [4.78, 5) is 20.7. The molecule has 0 aliphatic carbocycles. The number of nitrogens with zero attached hydrogens (tertiary/aromatic N) is 4. The quantitative estimate of drug-likeness (QED) is 0.442. The standard InChI is InChI=1S/C26H29N5O2/c1-18(2)31-25-21(16-28-31)20(15-22(29-25)19-9-4-3-5-10-19)26(32)27-17-23(24-11-8-14-33-24)30-12-6-7-13-30/h3-5,8-11,14-16,18,23H,6-7,12-13,17H2,1-2H3,(H,27,32)/t23-/m1/s1. The number of nitrogens with one attached hydrogen (secondary N) is 1. The van der Waals surface area contributed by atoms with Crippen molar-refractivity contribution in [2.75, 3.05) is 19.6 Å². The van der Waals surface area contributed by atoms with E-state index >= 15 is 0 Å². The normalized spacial score (nSPS) is 15.4. The molecule has 0 bridgehead atoms. The van der Waals surface area contributed by atoms with Crippen LogP contribution in [-0.2, 0) is 0 Å². The Kier molecular flexibility index (Phi) is 5.96. The van der Waals surface area contributed by atoms with Gasteiger partial charge in [0.2, 0.25) is 0 Å². The number of fused-ring (bicyclic) bond motifs is 1. The zero-order valence-corrected chi connectivity index (χ0v) is 19.1. The van der Waals surface area contributed by atoms with Crippen molar-refractivity contribution in [1.29, 1.82) is 0 Å². The first-order valence-electron chi connectivity index (χ1n) is 11.6. The number of furan rings is 1. The third-order valence-electron chi connectivity index (χ3n) is 6.28. The van der Waals surface area contributed by atoms with Gasteiger partial charge in [0.15, 0.2) is 5.65 Å². The van der Waals surface area contributed by atoms with E-state index in [0.717, 1.165) is 41.1 Å². The van der Waals surface area contributed by atoms with Gasteiger partial charge in [-0.05, 0) is 58.0 Å². The molecule has 0 spiro atoms. The van der Waals surface area contributed by atoms with Crippen molar-refractivity contribution in [2.45, 2.75) is 38.8 Å². The number of pyridine rings is 1. The van der Waals surface area contributed by atoms with E-state index in [2.05, 4.69) is 29.2 Å². The van der Waals surface area contributed by atoms with Crippen LogP contribution >= 0.6 is 0 Å². The highest BCUT2D eigenvalue weighted by molar-refractivity contribution is 6.06. The van der Waals surface area contributed by atoms with Crippen LogP contribution in [0.2, 0.25) is 0 Å². The van der Waals surface area contributed by atoms with Gasteiger partial charge < -0.3 is 9.73 Å². The maximum Gasteiger partial charge on any atom is 0.252 e. The smallest absolute Gasteiger partial charge is 0.252 e. The Labute approximate surface area is 193 Å². The number of hydrogen-bond donors (Lipinski definition) is 1. The Morgan fingerprint density at radius 1 is 1.12 bits per heavy atom.